The van der Waals surface area contributed by atoms with E-state index in [1.165, 1.54) is 41.7 Å². The molecule has 0 N–H and O–H groups in total. The van der Waals surface area contributed by atoms with Crippen molar-refractivity contribution in [2.75, 3.05) is 0 Å². The summed E-state index contributed by atoms with van der Waals surface area (Å²) >= 11 is 3.67. The van der Waals surface area contributed by atoms with Gasteiger partial charge in [0.1, 0.15) is 11.9 Å². The third kappa shape index (κ3) is 3.59. The molecule has 37 heavy (non-hydrogen) atoms. The van der Waals surface area contributed by atoms with E-state index >= 15 is 0 Å². The Morgan fingerprint density at radius 2 is 1.81 bits per heavy atom. The molecule has 0 amide bonds. The number of hydrogen-bond acceptors (Lipinski definition) is 5. The zero-order valence-electron chi connectivity index (χ0n) is 21.5. The summed E-state index contributed by atoms with van der Waals surface area (Å²) < 4.78 is 10.4. The van der Waals surface area contributed by atoms with Gasteiger partial charge in [0.25, 0.3) is 0 Å². The molecule has 0 aliphatic heterocycles. The topological polar surface area (TPSA) is 38.9 Å². The minimum atomic E-state index is 0.355. The monoisotopic (exact) mass is 520 g/mol. The van der Waals surface area contributed by atoms with Gasteiger partial charge in [0.2, 0.25) is 0 Å². The molecule has 3 nitrogen and oxygen atoms in total. The van der Waals surface area contributed by atoms with Gasteiger partial charge in [-0.15, -0.1) is 22.7 Å². The van der Waals surface area contributed by atoms with Gasteiger partial charge >= 0.3 is 0 Å². The number of fused-ring (bicyclic) bond motifs is 8. The minimum absolute atomic E-state index is 0.355. The number of allylic oxidation sites excluding steroid dienone is 2. The fourth-order valence-electron chi connectivity index (χ4n) is 5.56. The summed E-state index contributed by atoms with van der Waals surface area (Å²) in [4.78, 5) is 10.9. The fourth-order valence-corrected chi connectivity index (χ4v) is 8.06. The van der Waals surface area contributed by atoms with Crippen LogP contribution in [0.15, 0.2) is 53.2 Å². The number of benzene rings is 2. The highest BCUT2D eigenvalue weighted by atomic mass is 32.1. The molecule has 0 unspecified atom stereocenters. The van der Waals surface area contributed by atoms with Crippen LogP contribution >= 0.6 is 22.7 Å². The molecule has 184 valence electrons. The first-order valence-electron chi connectivity index (χ1n) is 13.0. The molecule has 2 aromatic carbocycles. The van der Waals surface area contributed by atoms with Crippen molar-refractivity contribution in [3.05, 3.63) is 70.4 Å². The maximum atomic E-state index is 6.62. The third-order valence-electron chi connectivity index (χ3n) is 7.21. The van der Waals surface area contributed by atoms with Gasteiger partial charge < -0.3 is 4.42 Å². The van der Waals surface area contributed by atoms with Crippen LogP contribution in [0.4, 0.5) is 0 Å². The minimum Gasteiger partial charge on any atom is -0.454 e. The highest BCUT2D eigenvalue weighted by molar-refractivity contribution is 7.26. The van der Waals surface area contributed by atoms with Crippen LogP contribution in [0, 0.1) is 5.92 Å². The normalized spacial score (nSPS) is 13.7. The van der Waals surface area contributed by atoms with Crippen molar-refractivity contribution in [3.63, 3.8) is 0 Å². The Bertz CT molecular complexity index is 1890. The van der Waals surface area contributed by atoms with Gasteiger partial charge in [-0.3, -0.25) is 0 Å². The molecule has 6 aromatic rings. The molecular weight excluding hydrogens is 492 g/mol. The lowest BCUT2D eigenvalue weighted by Gasteiger charge is -2.10. The zero-order valence-corrected chi connectivity index (χ0v) is 23.1. The van der Waals surface area contributed by atoms with Crippen molar-refractivity contribution in [1.29, 1.82) is 0 Å². The molecule has 4 aromatic heterocycles. The van der Waals surface area contributed by atoms with Crippen molar-refractivity contribution >= 4 is 76.4 Å². The smallest absolute Gasteiger partial charge is 0.154 e. The van der Waals surface area contributed by atoms with Crippen LogP contribution in [0.25, 0.3) is 65.0 Å². The second-order valence-electron chi connectivity index (χ2n) is 10.7. The molecule has 0 saturated heterocycles. The van der Waals surface area contributed by atoms with Crippen LogP contribution in [-0.2, 0) is 6.42 Å². The zero-order chi connectivity index (χ0) is 25.3. The van der Waals surface area contributed by atoms with E-state index < -0.39 is 0 Å². The van der Waals surface area contributed by atoms with Gasteiger partial charge in [0.15, 0.2) is 5.58 Å². The van der Waals surface area contributed by atoms with Gasteiger partial charge in [-0.2, -0.15) is 0 Å². The molecule has 0 spiro atoms. The number of hydrogen-bond donors (Lipinski definition) is 0. The summed E-state index contributed by atoms with van der Waals surface area (Å²) in [7, 11) is 0. The van der Waals surface area contributed by atoms with E-state index in [1.54, 1.807) is 6.33 Å². The Labute approximate surface area is 224 Å². The molecule has 0 radical (unpaired) electrons. The molecule has 1 aliphatic carbocycles. The van der Waals surface area contributed by atoms with Crippen LogP contribution in [0.3, 0.4) is 0 Å². The van der Waals surface area contributed by atoms with E-state index in [9.17, 15) is 0 Å². The van der Waals surface area contributed by atoms with Gasteiger partial charge in [0, 0.05) is 31.5 Å². The van der Waals surface area contributed by atoms with Gasteiger partial charge in [-0.1, -0.05) is 64.1 Å². The van der Waals surface area contributed by atoms with E-state index in [4.69, 9.17) is 14.4 Å². The maximum Gasteiger partial charge on any atom is 0.154 e. The van der Waals surface area contributed by atoms with Crippen molar-refractivity contribution in [3.8, 4) is 11.3 Å². The molecule has 0 bridgehead atoms. The molecule has 0 saturated carbocycles. The first kappa shape index (κ1) is 22.9. The van der Waals surface area contributed by atoms with Crippen LogP contribution in [-0.4, -0.2) is 9.97 Å². The number of thiophene rings is 2. The number of aromatic nitrogens is 2. The summed E-state index contributed by atoms with van der Waals surface area (Å²) in [5.41, 5.74) is 9.00. The summed E-state index contributed by atoms with van der Waals surface area (Å²) in [6.45, 7) is 9.09. The Kier molecular flexibility index (Phi) is 5.34. The quantitative estimate of drug-likeness (QED) is 0.232. The number of rotatable bonds is 4. The average molecular weight is 521 g/mol. The Morgan fingerprint density at radius 3 is 2.65 bits per heavy atom. The average Bonchev–Trinajstić information content (AvgIpc) is 3.47. The molecule has 5 heteroatoms. The molecule has 1 aliphatic rings. The van der Waals surface area contributed by atoms with E-state index in [0.717, 1.165) is 45.5 Å². The molecule has 0 atom stereocenters. The molecule has 4 heterocycles. The standard InChI is InChI=1S/C32H28N2OS2/c1-17(2)13-19-9-8-11-22-28-32(37-30(19)22)27(33-16-34-28)20-14-23(18(3)4)26-24(15-20)35-29-21-10-6-5-7-12-25(21)36-31(26)29/h6-12,14-18H,5,13H2,1-4H3. The predicted octanol–water partition coefficient (Wildman–Crippen LogP) is 10.2. The van der Waals surface area contributed by atoms with Crippen LogP contribution in [0.5, 0.6) is 0 Å². The van der Waals surface area contributed by atoms with Gasteiger partial charge in [-0.25, -0.2) is 9.97 Å². The first-order valence-corrected chi connectivity index (χ1v) is 14.6. The maximum absolute atomic E-state index is 6.62. The Morgan fingerprint density at radius 1 is 0.946 bits per heavy atom. The summed E-state index contributed by atoms with van der Waals surface area (Å²) in [6, 6.07) is 11.2. The lowest BCUT2D eigenvalue weighted by molar-refractivity contribution is 0.650. The highest BCUT2D eigenvalue weighted by Crippen LogP contribution is 2.46. The Hall–Kier alpha value is -3.28. The van der Waals surface area contributed by atoms with Crippen LogP contribution < -0.4 is 0 Å². The second kappa shape index (κ2) is 8.64. The number of furan rings is 1. The Balaban J connectivity index is 1.49. The van der Waals surface area contributed by atoms with Crippen LogP contribution in [0.1, 0.15) is 61.6 Å². The third-order valence-corrected chi connectivity index (χ3v) is 9.66. The second-order valence-corrected chi connectivity index (χ2v) is 12.7. The fraction of sp³-hybridized carbons (Fsp3) is 0.250. The van der Waals surface area contributed by atoms with Crippen molar-refractivity contribution in [1.82, 2.24) is 9.97 Å². The summed E-state index contributed by atoms with van der Waals surface area (Å²) in [5.74, 6) is 0.958. The van der Waals surface area contributed by atoms with Crippen molar-refractivity contribution in [2.24, 2.45) is 5.92 Å². The van der Waals surface area contributed by atoms with Crippen molar-refractivity contribution < 1.29 is 4.42 Å². The first-order chi connectivity index (χ1) is 18.0. The molecular formula is C32H28N2OS2. The van der Waals surface area contributed by atoms with E-state index in [-0.39, 0.29) is 0 Å². The highest BCUT2D eigenvalue weighted by Gasteiger charge is 2.23. The molecule has 0 fully saturated rings. The lowest BCUT2D eigenvalue weighted by Crippen LogP contribution is -1.93. The van der Waals surface area contributed by atoms with Gasteiger partial charge in [0.05, 0.1) is 20.6 Å². The van der Waals surface area contributed by atoms with Crippen LogP contribution in [0.2, 0.25) is 0 Å². The summed E-state index contributed by atoms with van der Waals surface area (Å²) in [6.07, 6.45) is 12.6. The van der Waals surface area contributed by atoms with E-state index in [0.29, 0.717) is 11.8 Å². The predicted molar refractivity (Wildman–Crippen MR) is 161 cm³/mol. The SMILES string of the molecule is CC(C)Cc1cccc2c1sc1c(-c3cc(C(C)C)c4c(c3)oc3c5c(sc34)C=CCC=C5)ncnc12. The largest absolute Gasteiger partial charge is 0.454 e. The van der Waals surface area contributed by atoms with E-state index in [2.05, 4.69) is 82.3 Å². The number of nitrogens with zero attached hydrogens (tertiary/aromatic N) is 2. The summed E-state index contributed by atoms with van der Waals surface area (Å²) in [5, 5.41) is 2.47. The lowest BCUT2D eigenvalue weighted by atomic mass is 9.95. The van der Waals surface area contributed by atoms with Gasteiger partial charge in [-0.05, 0) is 54.0 Å². The molecule has 7 rings (SSSR count). The van der Waals surface area contributed by atoms with Crippen molar-refractivity contribution in [2.45, 2.75) is 46.5 Å². The van der Waals surface area contributed by atoms with E-state index in [1.807, 2.05) is 22.7 Å².